The summed E-state index contributed by atoms with van der Waals surface area (Å²) in [6.45, 7) is 3.42. The maximum Gasteiger partial charge on any atom is 0.222 e. The summed E-state index contributed by atoms with van der Waals surface area (Å²) in [5, 5.41) is 6.11. The number of aromatic nitrogens is 2. The number of benzene rings is 1. The van der Waals surface area contributed by atoms with Gasteiger partial charge in [-0.25, -0.2) is 9.97 Å². The molecule has 1 fully saturated rings. The molecule has 1 aromatic carbocycles. The van der Waals surface area contributed by atoms with E-state index in [1.807, 2.05) is 24.3 Å². The van der Waals surface area contributed by atoms with Crippen LogP contribution < -0.4 is 15.0 Å². The molecule has 1 atom stereocenters. The molecule has 1 N–H and O–H groups in total. The third-order valence-electron chi connectivity index (χ3n) is 4.71. The molecule has 6 nitrogen and oxygen atoms in total. The number of nitrogens with one attached hydrogen (secondary N) is 1. The number of fused-ring (bicyclic) bond motifs is 1. The summed E-state index contributed by atoms with van der Waals surface area (Å²) in [7, 11) is 1.66. The Balaban J connectivity index is 1.82. The van der Waals surface area contributed by atoms with Crippen molar-refractivity contribution >= 4 is 33.3 Å². The highest BCUT2D eigenvalue weighted by Gasteiger charge is 2.25. The number of nitrogens with zero attached hydrogens (tertiary/aromatic N) is 3. The Kier molecular flexibility index (Phi) is 4.46. The Bertz CT molecular complexity index is 938. The maximum absolute atomic E-state index is 11.9. The van der Waals surface area contributed by atoms with Crippen LogP contribution in [-0.2, 0) is 4.79 Å². The molecule has 1 amide bonds. The average Bonchev–Trinajstić information content (AvgIpc) is 3.02. The highest BCUT2D eigenvalue weighted by atomic mass is 32.1. The van der Waals surface area contributed by atoms with Crippen molar-refractivity contribution in [3.8, 4) is 16.9 Å². The van der Waals surface area contributed by atoms with Crippen LogP contribution in [0.3, 0.4) is 0 Å². The fourth-order valence-corrected chi connectivity index (χ4v) is 4.27. The van der Waals surface area contributed by atoms with E-state index in [2.05, 4.69) is 32.5 Å². The Morgan fingerprint density at radius 1 is 1.27 bits per heavy atom. The van der Waals surface area contributed by atoms with Crippen LogP contribution >= 0.6 is 11.3 Å². The monoisotopic (exact) mass is 368 g/mol. The Hall–Kier alpha value is -2.67. The van der Waals surface area contributed by atoms with Crippen LogP contribution in [0.4, 0.5) is 5.82 Å². The lowest BCUT2D eigenvalue weighted by Gasteiger charge is -2.28. The first kappa shape index (κ1) is 16.8. The Morgan fingerprint density at radius 2 is 2.08 bits per heavy atom. The normalized spacial score (nSPS) is 17.8. The van der Waals surface area contributed by atoms with Crippen molar-refractivity contribution in [2.24, 2.45) is 0 Å². The van der Waals surface area contributed by atoms with Crippen LogP contribution in [0.2, 0.25) is 0 Å². The average molecular weight is 368 g/mol. The summed E-state index contributed by atoms with van der Waals surface area (Å²) in [4.78, 5) is 24.1. The van der Waals surface area contributed by atoms with Gasteiger partial charge in [0.2, 0.25) is 5.91 Å². The first-order valence-corrected chi connectivity index (χ1v) is 9.45. The molecule has 7 heteroatoms. The minimum atomic E-state index is 0.0826. The van der Waals surface area contributed by atoms with E-state index in [0.717, 1.165) is 39.5 Å². The number of methoxy groups -OCH3 is 1. The molecule has 0 spiro atoms. The fraction of sp³-hybridized carbons (Fsp3) is 0.316. The molecule has 1 saturated heterocycles. The number of hydrogen-bond acceptors (Lipinski definition) is 6. The summed E-state index contributed by atoms with van der Waals surface area (Å²) in [5.41, 5.74) is 2.21. The molecule has 26 heavy (non-hydrogen) atoms. The Labute approximate surface area is 155 Å². The molecule has 0 radical (unpaired) electrons. The molecule has 3 heterocycles. The van der Waals surface area contributed by atoms with Crippen LogP contribution in [0.25, 0.3) is 21.3 Å². The van der Waals surface area contributed by atoms with Gasteiger partial charge in [-0.05, 0) is 24.6 Å². The second-order valence-electron chi connectivity index (χ2n) is 6.35. The molecule has 2 aromatic heterocycles. The smallest absolute Gasteiger partial charge is 0.222 e. The number of thiophene rings is 1. The van der Waals surface area contributed by atoms with E-state index in [0.29, 0.717) is 13.0 Å². The Morgan fingerprint density at radius 3 is 2.85 bits per heavy atom. The molecule has 1 aliphatic rings. The predicted molar refractivity (Wildman–Crippen MR) is 104 cm³/mol. The number of carbonyl (C=O) groups excluding carboxylic acids is 1. The lowest BCUT2D eigenvalue weighted by molar-refractivity contribution is -0.120. The van der Waals surface area contributed by atoms with E-state index in [1.54, 1.807) is 24.8 Å². The minimum Gasteiger partial charge on any atom is -0.497 e. The standard InChI is InChI=1S/C19H20N4O2S/c1-12-9-16(24)20-7-8-23(12)18-17-15(10-26-19(17)22-11-21-18)13-3-5-14(25-2)6-4-13/h3-6,10-12H,7-9H2,1-2H3,(H,20,24). The number of rotatable bonds is 3. The number of ether oxygens (including phenoxy) is 1. The van der Waals surface area contributed by atoms with E-state index in [-0.39, 0.29) is 11.9 Å². The highest BCUT2D eigenvalue weighted by Crippen LogP contribution is 2.39. The largest absolute Gasteiger partial charge is 0.497 e. The van der Waals surface area contributed by atoms with E-state index in [4.69, 9.17) is 4.74 Å². The third kappa shape index (κ3) is 2.99. The van der Waals surface area contributed by atoms with Gasteiger partial charge in [0.25, 0.3) is 0 Å². The molecule has 4 rings (SSSR count). The molecule has 0 aliphatic carbocycles. The van der Waals surface area contributed by atoms with Gasteiger partial charge < -0.3 is 15.0 Å². The van der Waals surface area contributed by atoms with Gasteiger partial charge >= 0.3 is 0 Å². The molecule has 134 valence electrons. The van der Waals surface area contributed by atoms with Gasteiger partial charge in [-0.1, -0.05) is 12.1 Å². The van der Waals surface area contributed by atoms with Crippen molar-refractivity contribution in [3.05, 3.63) is 36.0 Å². The first-order valence-electron chi connectivity index (χ1n) is 8.57. The fourth-order valence-electron chi connectivity index (χ4n) is 3.36. The van der Waals surface area contributed by atoms with Gasteiger partial charge in [-0.3, -0.25) is 4.79 Å². The summed E-state index contributed by atoms with van der Waals surface area (Å²) in [6.07, 6.45) is 2.08. The summed E-state index contributed by atoms with van der Waals surface area (Å²) < 4.78 is 5.26. The minimum absolute atomic E-state index is 0.0826. The molecule has 0 bridgehead atoms. The van der Waals surface area contributed by atoms with Gasteiger partial charge in [0.1, 0.15) is 22.7 Å². The van der Waals surface area contributed by atoms with Crippen LogP contribution in [0.5, 0.6) is 5.75 Å². The topological polar surface area (TPSA) is 67.4 Å². The highest BCUT2D eigenvalue weighted by molar-refractivity contribution is 7.17. The number of carbonyl (C=O) groups is 1. The zero-order chi connectivity index (χ0) is 18.1. The lowest BCUT2D eigenvalue weighted by Crippen LogP contribution is -2.35. The second-order valence-corrected chi connectivity index (χ2v) is 7.21. The van der Waals surface area contributed by atoms with Crippen molar-refractivity contribution in [3.63, 3.8) is 0 Å². The van der Waals surface area contributed by atoms with Crippen molar-refractivity contribution in [2.75, 3.05) is 25.1 Å². The first-order chi connectivity index (χ1) is 12.7. The number of anilines is 1. The zero-order valence-corrected chi connectivity index (χ0v) is 15.5. The number of amides is 1. The van der Waals surface area contributed by atoms with Crippen LogP contribution in [0, 0.1) is 0 Å². The van der Waals surface area contributed by atoms with Crippen molar-refractivity contribution in [1.82, 2.24) is 15.3 Å². The molecule has 1 unspecified atom stereocenters. The molecular formula is C19H20N4O2S. The van der Waals surface area contributed by atoms with Crippen molar-refractivity contribution in [2.45, 2.75) is 19.4 Å². The zero-order valence-electron chi connectivity index (χ0n) is 14.7. The predicted octanol–water partition coefficient (Wildman–Crippen LogP) is 3.08. The summed E-state index contributed by atoms with van der Waals surface area (Å²) >= 11 is 1.61. The maximum atomic E-state index is 11.9. The van der Waals surface area contributed by atoms with Crippen LogP contribution in [0.15, 0.2) is 36.0 Å². The van der Waals surface area contributed by atoms with Gasteiger partial charge in [0.05, 0.1) is 12.5 Å². The number of hydrogen-bond donors (Lipinski definition) is 1. The van der Waals surface area contributed by atoms with Gasteiger partial charge in [0.15, 0.2) is 0 Å². The van der Waals surface area contributed by atoms with Crippen molar-refractivity contribution < 1.29 is 9.53 Å². The van der Waals surface area contributed by atoms with Gasteiger partial charge in [-0.2, -0.15) is 0 Å². The van der Waals surface area contributed by atoms with E-state index in [9.17, 15) is 4.79 Å². The third-order valence-corrected chi connectivity index (χ3v) is 5.60. The van der Waals surface area contributed by atoms with E-state index < -0.39 is 0 Å². The van der Waals surface area contributed by atoms with Crippen LogP contribution in [-0.4, -0.2) is 42.1 Å². The SMILES string of the molecule is COc1ccc(-c2csc3ncnc(N4CCNC(=O)CC4C)c23)cc1. The van der Waals surface area contributed by atoms with Gasteiger partial charge in [0, 0.05) is 36.5 Å². The molecule has 0 saturated carbocycles. The summed E-state index contributed by atoms with van der Waals surface area (Å²) in [6, 6.07) is 8.10. The summed E-state index contributed by atoms with van der Waals surface area (Å²) in [5.74, 6) is 1.81. The van der Waals surface area contributed by atoms with Crippen LogP contribution in [0.1, 0.15) is 13.3 Å². The van der Waals surface area contributed by atoms with Crippen molar-refractivity contribution in [1.29, 1.82) is 0 Å². The quantitative estimate of drug-likeness (QED) is 0.769. The molecule has 1 aliphatic heterocycles. The second kappa shape index (κ2) is 6.92. The van der Waals surface area contributed by atoms with Gasteiger partial charge in [-0.15, -0.1) is 11.3 Å². The molecular weight excluding hydrogens is 348 g/mol. The lowest BCUT2D eigenvalue weighted by atomic mass is 10.1. The molecule has 3 aromatic rings. The van der Waals surface area contributed by atoms with E-state index >= 15 is 0 Å². The van der Waals surface area contributed by atoms with E-state index in [1.165, 1.54) is 0 Å².